The lowest BCUT2D eigenvalue weighted by atomic mass is 10.3. The largest absolute Gasteiger partial charge is 0.495 e. The number of para-hydroxylation sites is 1. The molecule has 0 unspecified atom stereocenters. The van der Waals surface area contributed by atoms with Crippen molar-refractivity contribution in [2.75, 3.05) is 17.7 Å². The van der Waals surface area contributed by atoms with Gasteiger partial charge in [-0.15, -0.1) is 0 Å². The lowest BCUT2D eigenvalue weighted by Crippen LogP contribution is -2.20. The van der Waals surface area contributed by atoms with Gasteiger partial charge in [-0.2, -0.15) is 0 Å². The molecule has 0 aliphatic heterocycles. The molecule has 2 N–H and O–H groups in total. The maximum atomic E-state index is 12.1. The molecule has 0 aliphatic carbocycles. The first-order valence-electron chi connectivity index (χ1n) is 7.60. The lowest BCUT2D eigenvalue weighted by Gasteiger charge is -2.11. The van der Waals surface area contributed by atoms with Gasteiger partial charge < -0.3 is 20.1 Å². The van der Waals surface area contributed by atoms with Crippen LogP contribution in [-0.2, 0) is 0 Å². The van der Waals surface area contributed by atoms with Gasteiger partial charge in [0, 0.05) is 5.02 Å². The van der Waals surface area contributed by atoms with E-state index in [9.17, 15) is 4.79 Å². The molecule has 0 saturated carbocycles. The molecule has 0 spiro atoms. The van der Waals surface area contributed by atoms with Crippen LogP contribution >= 0.6 is 11.6 Å². The fourth-order valence-electron chi connectivity index (χ4n) is 2.09. The highest BCUT2D eigenvalue weighted by atomic mass is 35.5. The van der Waals surface area contributed by atoms with Crippen LogP contribution in [0.4, 0.5) is 16.2 Å². The number of ether oxygens (including phenoxy) is 2. The Bertz CT molecular complexity index is 889. The van der Waals surface area contributed by atoms with Crippen molar-refractivity contribution in [1.82, 2.24) is 9.97 Å². The average molecular weight is 371 g/mol. The number of anilines is 2. The molecule has 0 saturated heterocycles. The first-order valence-corrected chi connectivity index (χ1v) is 7.98. The van der Waals surface area contributed by atoms with E-state index in [1.165, 1.54) is 19.5 Å². The average Bonchev–Trinajstić information content (AvgIpc) is 2.64. The first-order chi connectivity index (χ1) is 12.6. The molecule has 0 aliphatic rings. The summed E-state index contributed by atoms with van der Waals surface area (Å²) in [4.78, 5) is 20.3. The molecule has 1 aromatic heterocycles. The van der Waals surface area contributed by atoms with E-state index in [0.717, 1.165) is 0 Å². The number of methoxy groups -OCH3 is 1. The van der Waals surface area contributed by atoms with Crippen molar-refractivity contribution in [2.24, 2.45) is 0 Å². The number of amides is 2. The second-order valence-electron chi connectivity index (χ2n) is 5.09. The van der Waals surface area contributed by atoms with Gasteiger partial charge in [0.1, 0.15) is 11.5 Å². The number of aromatic nitrogens is 2. The number of nitrogens with zero attached hydrogens (tertiary/aromatic N) is 2. The summed E-state index contributed by atoms with van der Waals surface area (Å²) in [7, 11) is 1.51. The highest BCUT2D eigenvalue weighted by Gasteiger charge is 2.09. The molecular formula is C18H15ClN4O3. The summed E-state index contributed by atoms with van der Waals surface area (Å²) in [6.45, 7) is 0. The number of rotatable bonds is 5. The summed E-state index contributed by atoms with van der Waals surface area (Å²) in [6.07, 6.45) is 2.89. The van der Waals surface area contributed by atoms with Crippen LogP contribution in [0.15, 0.2) is 60.9 Å². The van der Waals surface area contributed by atoms with Gasteiger partial charge >= 0.3 is 12.0 Å². The number of hydrogen-bond donors (Lipinski definition) is 2. The Hall–Kier alpha value is -3.32. The molecular weight excluding hydrogens is 356 g/mol. The molecule has 7 nitrogen and oxygen atoms in total. The van der Waals surface area contributed by atoms with Gasteiger partial charge in [-0.25, -0.2) is 14.8 Å². The van der Waals surface area contributed by atoms with Crippen molar-refractivity contribution in [1.29, 1.82) is 0 Å². The van der Waals surface area contributed by atoms with Gasteiger partial charge in [-0.1, -0.05) is 29.8 Å². The SMILES string of the molecule is COc1ccc(Cl)cc1NC(=O)Nc1cnc(Oc2ccccc2)nc1. The minimum atomic E-state index is -0.481. The highest BCUT2D eigenvalue weighted by Crippen LogP contribution is 2.27. The van der Waals surface area contributed by atoms with Crippen molar-refractivity contribution in [2.45, 2.75) is 0 Å². The molecule has 0 bridgehead atoms. The Labute approximate surface area is 155 Å². The van der Waals surface area contributed by atoms with Crippen molar-refractivity contribution in [3.8, 4) is 17.5 Å². The van der Waals surface area contributed by atoms with E-state index in [0.29, 0.717) is 27.9 Å². The first kappa shape index (κ1) is 17.5. The maximum absolute atomic E-state index is 12.1. The molecule has 0 radical (unpaired) electrons. The van der Waals surface area contributed by atoms with Crippen LogP contribution in [0.2, 0.25) is 5.02 Å². The van der Waals surface area contributed by atoms with E-state index in [2.05, 4.69) is 20.6 Å². The summed E-state index contributed by atoms with van der Waals surface area (Å²) in [5.74, 6) is 1.12. The van der Waals surface area contributed by atoms with Crippen molar-refractivity contribution in [3.63, 3.8) is 0 Å². The summed E-state index contributed by atoms with van der Waals surface area (Å²) in [6, 6.07) is 13.8. The monoisotopic (exact) mass is 370 g/mol. The van der Waals surface area contributed by atoms with Crippen LogP contribution in [0.5, 0.6) is 17.5 Å². The Kier molecular flexibility index (Phi) is 5.50. The molecule has 8 heteroatoms. The zero-order valence-corrected chi connectivity index (χ0v) is 14.5. The molecule has 2 amide bonds. The Morgan fingerprint density at radius 2 is 1.77 bits per heavy atom. The van der Waals surface area contributed by atoms with Crippen molar-refractivity contribution in [3.05, 3.63) is 65.9 Å². The predicted molar refractivity (Wildman–Crippen MR) is 99.2 cm³/mol. The third-order valence-corrected chi connectivity index (χ3v) is 3.48. The third kappa shape index (κ3) is 4.61. The fourth-order valence-corrected chi connectivity index (χ4v) is 2.26. The maximum Gasteiger partial charge on any atom is 0.323 e. The topological polar surface area (TPSA) is 85.4 Å². The summed E-state index contributed by atoms with van der Waals surface area (Å²) in [5.41, 5.74) is 0.853. The lowest BCUT2D eigenvalue weighted by molar-refractivity contribution is 0.262. The minimum Gasteiger partial charge on any atom is -0.495 e. The van der Waals surface area contributed by atoms with Crippen LogP contribution in [-0.4, -0.2) is 23.1 Å². The van der Waals surface area contributed by atoms with E-state index in [1.807, 2.05) is 18.2 Å². The molecule has 0 atom stereocenters. The Morgan fingerprint density at radius 3 is 2.46 bits per heavy atom. The van der Waals surface area contributed by atoms with Crippen molar-refractivity contribution >= 4 is 29.0 Å². The van der Waals surface area contributed by atoms with E-state index in [1.54, 1.807) is 30.3 Å². The number of halogens is 1. The third-order valence-electron chi connectivity index (χ3n) is 3.25. The van der Waals surface area contributed by atoms with Gasteiger partial charge in [0.25, 0.3) is 0 Å². The van der Waals surface area contributed by atoms with Gasteiger partial charge in [0.05, 0.1) is 30.9 Å². The van der Waals surface area contributed by atoms with E-state index in [-0.39, 0.29) is 6.01 Å². The molecule has 3 rings (SSSR count). The van der Waals surface area contributed by atoms with E-state index >= 15 is 0 Å². The zero-order valence-electron chi connectivity index (χ0n) is 13.8. The highest BCUT2D eigenvalue weighted by molar-refractivity contribution is 6.31. The predicted octanol–water partition coefficient (Wildman–Crippen LogP) is 4.57. The fraction of sp³-hybridized carbons (Fsp3) is 0.0556. The summed E-state index contributed by atoms with van der Waals surface area (Å²) >= 11 is 5.94. The zero-order chi connectivity index (χ0) is 18.4. The van der Waals surface area contributed by atoms with Crippen LogP contribution in [0.3, 0.4) is 0 Å². The Balaban J connectivity index is 1.62. The molecule has 3 aromatic rings. The van der Waals surface area contributed by atoms with E-state index in [4.69, 9.17) is 21.1 Å². The molecule has 132 valence electrons. The molecule has 1 heterocycles. The number of nitrogens with one attached hydrogen (secondary N) is 2. The number of urea groups is 1. The minimum absolute atomic E-state index is 0.179. The quantitative estimate of drug-likeness (QED) is 0.686. The number of carbonyl (C=O) groups excluding carboxylic acids is 1. The van der Waals surface area contributed by atoms with E-state index < -0.39 is 6.03 Å². The second-order valence-corrected chi connectivity index (χ2v) is 5.53. The van der Waals surface area contributed by atoms with Gasteiger partial charge in [0.15, 0.2) is 0 Å². The molecule has 2 aromatic carbocycles. The number of hydrogen-bond acceptors (Lipinski definition) is 5. The van der Waals surface area contributed by atoms with Gasteiger partial charge in [-0.05, 0) is 30.3 Å². The second kappa shape index (κ2) is 8.17. The standard InChI is InChI=1S/C18H15ClN4O3/c1-25-16-8-7-12(19)9-15(16)23-17(24)22-13-10-20-18(21-11-13)26-14-5-3-2-4-6-14/h2-11H,1H3,(H2,22,23,24). The summed E-state index contributed by atoms with van der Waals surface area (Å²) < 4.78 is 10.7. The van der Waals surface area contributed by atoms with Gasteiger partial charge in [-0.3, -0.25) is 0 Å². The van der Waals surface area contributed by atoms with Crippen molar-refractivity contribution < 1.29 is 14.3 Å². The smallest absolute Gasteiger partial charge is 0.323 e. The normalized spacial score (nSPS) is 10.1. The molecule has 0 fully saturated rings. The molecule has 26 heavy (non-hydrogen) atoms. The van der Waals surface area contributed by atoms with Gasteiger partial charge in [0.2, 0.25) is 0 Å². The van der Waals surface area contributed by atoms with Crippen LogP contribution < -0.4 is 20.1 Å². The van der Waals surface area contributed by atoms with Crippen LogP contribution in [0.1, 0.15) is 0 Å². The summed E-state index contributed by atoms with van der Waals surface area (Å²) in [5, 5.41) is 5.76. The number of benzene rings is 2. The Morgan fingerprint density at radius 1 is 1.04 bits per heavy atom. The van der Waals surface area contributed by atoms with Crippen LogP contribution in [0.25, 0.3) is 0 Å². The number of carbonyl (C=O) groups is 1. The van der Waals surface area contributed by atoms with Crippen LogP contribution in [0, 0.1) is 0 Å².